The molecule has 0 saturated heterocycles. The monoisotopic (exact) mass is 295 g/mol. The lowest BCUT2D eigenvalue weighted by atomic mass is 10.2. The number of nitrogens with zero attached hydrogens (tertiary/aromatic N) is 4. The van der Waals surface area contributed by atoms with Gasteiger partial charge < -0.3 is 4.57 Å². The number of hydrazone groups is 1. The summed E-state index contributed by atoms with van der Waals surface area (Å²) in [5.41, 5.74) is 5.39. The molecule has 1 heterocycles. The lowest BCUT2D eigenvalue weighted by Crippen LogP contribution is -1.99. The quantitative estimate of drug-likeness (QED) is 0.455. The third-order valence-corrected chi connectivity index (χ3v) is 3.25. The lowest BCUT2D eigenvalue weighted by Gasteiger charge is -2.00. The first kappa shape index (κ1) is 13.7. The van der Waals surface area contributed by atoms with Gasteiger partial charge in [-0.25, -0.2) is 10.4 Å². The summed E-state index contributed by atoms with van der Waals surface area (Å²) in [5, 5.41) is 14.8. The Morgan fingerprint density at radius 1 is 1.27 bits per heavy atom. The largest absolute Gasteiger partial charge is 0.312 e. The molecule has 2 aromatic carbocycles. The summed E-state index contributed by atoms with van der Waals surface area (Å²) in [7, 11) is 1.89. The van der Waals surface area contributed by atoms with Crippen LogP contribution >= 0.6 is 0 Å². The minimum absolute atomic E-state index is 0.0340. The van der Waals surface area contributed by atoms with Gasteiger partial charge in [-0.1, -0.05) is 24.3 Å². The van der Waals surface area contributed by atoms with E-state index in [9.17, 15) is 10.1 Å². The van der Waals surface area contributed by atoms with E-state index in [4.69, 9.17) is 0 Å². The molecular formula is C15H13N5O2. The minimum Gasteiger partial charge on any atom is -0.312 e. The first-order valence-corrected chi connectivity index (χ1v) is 6.60. The molecule has 7 heteroatoms. The molecule has 110 valence electrons. The van der Waals surface area contributed by atoms with Crippen molar-refractivity contribution in [3.8, 4) is 0 Å². The van der Waals surface area contributed by atoms with E-state index in [0.717, 1.165) is 11.0 Å². The van der Waals surface area contributed by atoms with E-state index >= 15 is 0 Å². The molecule has 0 aliphatic rings. The number of para-hydroxylation sites is 2. The fraction of sp³-hybridized carbons (Fsp3) is 0.0667. The van der Waals surface area contributed by atoms with Gasteiger partial charge in [0, 0.05) is 24.7 Å². The van der Waals surface area contributed by atoms with Crippen molar-refractivity contribution in [2.45, 2.75) is 0 Å². The first-order chi connectivity index (χ1) is 10.6. The van der Waals surface area contributed by atoms with E-state index in [-0.39, 0.29) is 5.69 Å². The number of nitrogens with one attached hydrogen (secondary N) is 1. The average Bonchev–Trinajstić information content (AvgIpc) is 2.85. The Balaban J connectivity index is 1.80. The maximum atomic E-state index is 10.7. The number of benzene rings is 2. The molecule has 0 radical (unpaired) electrons. The number of hydrogen-bond donors (Lipinski definition) is 1. The van der Waals surface area contributed by atoms with Crippen LogP contribution in [0.3, 0.4) is 0 Å². The lowest BCUT2D eigenvalue weighted by molar-refractivity contribution is -0.384. The Morgan fingerprint density at radius 3 is 2.86 bits per heavy atom. The maximum absolute atomic E-state index is 10.7. The van der Waals surface area contributed by atoms with Gasteiger partial charge in [0.15, 0.2) is 0 Å². The standard InChI is InChI=1S/C15H13N5O2/c1-19-14-8-3-2-7-13(14)17-15(19)18-16-10-11-5-4-6-12(9-11)20(21)22/h2-10H,1H3,(H,17,18)/b16-10-. The topological polar surface area (TPSA) is 85.3 Å². The van der Waals surface area contributed by atoms with Crippen molar-refractivity contribution in [3.05, 3.63) is 64.2 Å². The summed E-state index contributed by atoms with van der Waals surface area (Å²) in [5.74, 6) is 0.600. The van der Waals surface area contributed by atoms with Gasteiger partial charge in [-0.15, -0.1) is 0 Å². The van der Waals surface area contributed by atoms with E-state index in [1.807, 2.05) is 35.9 Å². The van der Waals surface area contributed by atoms with Crippen LogP contribution in [0.25, 0.3) is 11.0 Å². The highest BCUT2D eigenvalue weighted by Gasteiger charge is 2.06. The van der Waals surface area contributed by atoms with Crippen molar-refractivity contribution >= 4 is 28.9 Å². The van der Waals surface area contributed by atoms with Gasteiger partial charge in [-0.3, -0.25) is 10.1 Å². The normalized spacial score (nSPS) is 11.1. The molecule has 0 amide bonds. The first-order valence-electron chi connectivity index (χ1n) is 6.60. The number of anilines is 1. The molecule has 0 aliphatic heterocycles. The average molecular weight is 295 g/mol. The van der Waals surface area contributed by atoms with Crippen LogP contribution in [0.5, 0.6) is 0 Å². The summed E-state index contributed by atoms with van der Waals surface area (Å²) >= 11 is 0. The predicted molar refractivity (Wildman–Crippen MR) is 85.0 cm³/mol. The van der Waals surface area contributed by atoms with Crippen LogP contribution in [0.1, 0.15) is 5.56 Å². The van der Waals surface area contributed by atoms with Gasteiger partial charge in [0.2, 0.25) is 5.95 Å². The molecule has 0 fully saturated rings. The van der Waals surface area contributed by atoms with E-state index in [0.29, 0.717) is 11.5 Å². The number of nitro benzene ring substituents is 1. The molecule has 0 atom stereocenters. The zero-order valence-corrected chi connectivity index (χ0v) is 11.8. The number of imidazole rings is 1. The van der Waals surface area contributed by atoms with Crippen molar-refractivity contribution < 1.29 is 4.92 Å². The van der Waals surface area contributed by atoms with E-state index in [1.165, 1.54) is 18.3 Å². The maximum Gasteiger partial charge on any atom is 0.270 e. The Morgan fingerprint density at radius 2 is 2.09 bits per heavy atom. The summed E-state index contributed by atoms with van der Waals surface area (Å²) in [6, 6.07) is 14.0. The molecule has 0 bridgehead atoms. The highest BCUT2D eigenvalue weighted by molar-refractivity contribution is 5.82. The summed E-state index contributed by atoms with van der Waals surface area (Å²) in [6.45, 7) is 0. The van der Waals surface area contributed by atoms with Crippen LogP contribution in [0.4, 0.5) is 11.6 Å². The van der Waals surface area contributed by atoms with Crippen molar-refractivity contribution in [1.29, 1.82) is 0 Å². The van der Waals surface area contributed by atoms with Crippen LogP contribution in [0.15, 0.2) is 53.6 Å². The molecule has 1 aromatic heterocycles. The van der Waals surface area contributed by atoms with Crippen LogP contribution in [-0.4, -0.2) is 20.7 Å². The third-order valence-electron chi connectivity index (χ3n) is 3.25. The Kier molecular flexibility index (Phi) is 3.53. The molecule has 3 rings (SSSR count). The smallest absolute Gasteiger partial charge is 0.270 e. The van der Waals surface area contributed by atoms with Crippen molar-refractivity contribution in [2.75, 3.05) is 5.43 Å². The number of hydrogen-bond acceptors (Lipinski definition) is 5. The number of fused-ring (bicyclic) bond motifs is 1. The van der Waals surface area contributed by atoms with Crippen LogP contribution < -0.4 is 5.43 Å². The van der Waals surface area contributed by atoms with Crippen LogP contribution in [0.2, 0.25) is 0 Å². The fourth-order valence-corrected chi connectivity index (χ4v) is 2.13. The van der Waals surface area contributed by atoms with Gasteiger partial charge in [0.25, 0.3) is 5.69 Å². The summed E-state index contributed by atoms with van der Waals surface area (Å²) in [4.78, 5) is 14.7. The van der Waals surface area contributed by atoms with Crippen molar-refractivity contribution in [3.63, 3.8) is 0 Å². The Hall–Kier alpha value is -3.22. The fourth-order valence-electron chi connectivity index (χ4n) is 2.13. The minimum atomic E-state index is -0.434. The van der Waals surface area contributed by atoms with Gasteiger partial charge in [-0.2, -0.15) is 5.10 Å². The molecule has 3 aromatic rings. The molecular weight excluding hydrogens is 282 g/mol. The molecule has 0 spiro atoms. The zero-order valence-electron chi connectivity index (χ0n) is 11.8. The van der Waals surface area contributed by atoms with Gasteiger partial charge in [0.1, 0.15) is 0 Å². The van der Waals surface area contributed by atoms with Crippen molar-refractivity contribution in [1.82, 2.24) is 9.55 Å². The second kappa shape index (κ2) is 5.65. The molecule has 0 aliphatic carbocycles. The molecule has 0 unspecified atom stereocenters. The Bertz CT molecular complexity index is 869. The second-order valence-corrected chi connectivity index (χ2v) is 4.71. The number of rotatable bonds is 4. The van der Waals surface area contributed by atoms with E-state index in [1.54, 1.807) is 12.1 Å². The highest BCUT2D eigenvalue weighted by atomic mass is 16.6. The summed E-state index contributed by atoms with van der Waals surface area (Å²) < 4.78 is 1.89. The van der Waals surface area contributed by atoms with Crippen LogP contribution in [0, 0.1) is 10.1 Å². The third kappa shape index (κ3) is 2.64. The number of aryl methyl sites for hydroxylation is 1. The van der Waals surface area contributed by atoms with Gasteiger partial charge >= 0.3 is 0 Å². The zero-order chi connectivity index (χ0) is 15.5. The molecule has 0 saturated carbocycles. The summed E-state index contributed by atoms with van der Waals surface area (Å²) in [6.07, 6.45) is 1.52. The highest BCUT2D eigenvalue weighted by Crippen LogP contribution is 2.17. The number of non-ortho nitro benzene ring substituents is 1. The van der Waals surface area contributed by atoms with Gasteiger partial charge in [-0.05, 0) is 12.1 Å². The number of nitro groups is 1. The van der Waals surface area contributed by atoms with Crippen LogP contribution in [-0.2, 0) is 7.05 Å². The van der Waals surface area contributed by atoms with Gasteiger partial charge in [0.05, 0.1) is 22.2 Å². The van der Waals surface area contributed by atoms with E-state index < -0.39 is 4.92 Å². The molecule has 22 heavy (non-hydrogen) atoms. The molecule has 1 N–H and O–H groups in total. The van der Waals surface area contributed by atoms with E-state index in [2.05, 4.69) is 15.5 Å². The predicted octanol–water partition coefficient (Wildman–Crippen LogP) is 2.93. The Labute approximate surface area is 126 Å². The SMILES string of the molecule is Cn1c(N/N=C\c2cccc([N+](=O)[O-])c2)nc2ccccc21. The number of aromatic nitrogens is 2. The second-order valence-electron chi connectivity index (χ2n) is 4.71. The van der Waals surface area contributed by atoms with Crippen molar-refractivity contribution in [2.24, 2.45) is 12.1 Å². The molecule has 7 nitrogen and oxygen atoms in total.